The van der Waals surface area contributed by atoms with Gasteiger partial charge in [0, 0.05) is 11.8 Å². The maximum Gasteiger partial charge on any atom is 0.410 e. The van der Waals surface area contributed by atoms with Crippen LogP contribution in [0.1, 0.15) is 12.5 Å². The molecule has 0 saturated heterocycles. The Kier molecular flexibility index (Phi) is 3.90. The molecule has 0 amide bonds. The molecule has 6 heteroatoms. The molecule has 102 valence electrons. The van der Waals surface area contributed by atoms with E-state index in [-0.39, 0.29) is 13.0 Å². The van der Waals surface area contributed by atoms with Crippen LogP contribution in [0, 0.1) is 0 Å². The van der Waals surface area contributed by atoms with E-state index in [0.717, 1.165) is 10.2 Å². The van der Waals surface area contributed by atoms with E-state index >= 15 is 0 Å². The van der Waals surface area contributed by atoms with Gasteiger partial charge in [-0.25, -0.2) is 0 Å². The van der Waals surface area contributed by atoms with Crippen molar-refractivity contribution in [3.8, 4) is 11.1 Å². The van der Waals surface area contributed by atoms with Gasteiger partial charge >= 0.3 is 6.18 Å². The van der Waals surface area contributed by atoms with Gasteiger partial charge in [-0.1, -0.05) is 30.3 Å². The van der Waals surface area contributed by atoms with Crippen molar-refractivity contribution in [2.24, 2.45) is 5.73 Å². The summed E-state index contributed by atoms with van der Waals surface area (Å²) >= 11 is 0. The zero-order valence-corrected chi connectivity index (χ0v) is 10.1. The third-order valence-corrected chi connectivity index (χ3v) is 2.85. The second kappa shape index (κ2) is 5.44. The lowest BCUT2D eigenvalue weighted by molar-refractivity contribution is -0.171. The summed E-state index contributed by atoms with van der Waals surface area (Å²) < 4.78 is 39.6. The first-order valence-corrected chi connectivity index (χ1v) is 5.88. The number of rotatable bonds is 4. The summed E-state index contributed by atoms with van der Waals surface area (Å²) in [7, 11) is 0. The van der Waals surface area contributed by atoms with Crippen LogP contribution in [0.25, 0.3) is 11.1 Å². The van der Waals surface area contributed by atoms with Gasteiger partial charge in [0.15, 0.2) is 0 Å². The number of halogens is 3. The van der Waals surface area contributed by atoms with Gasteiger partial charge in [0.05, 0.1) is 6.20 Å². The fourth-order valence-corrected chi connectivity index (χ4v) is 1.89. The van der Waals surface area contributed by atoms with Gasteiger partial charge in [0.2, 0.25) is 0 Å². The van der Waals surface area contributed by atoms with E-state index in [1.807, 2.05) is 30.3 Å². The van der Waals surface area contributed by atoms with Crippen molar-refractivity contribution in [2.75, 3.05) is 6.54 Å². The standard InChI is InChI=1S/C13H14F3N3/c14-13(15,16)12(6-7-17)19-9-11(8-18-19)10-4-2-1-3-5-10/h1-5,8-9,12H,6-7,17H2. The summed E-state index contributed by atoms with van der Waals surface area (Å²) in [5.74, 6) is 0. The molecule has 2 aromatic rings. The predicted molar refractivity (Wildman–Crippen MR) is 66.4 cm³/mol. The number of hydrogen-bond donors (Lipinski definition) is 1. The zero-order chi connectivity index (χ0) is 13.9. The van der Waals surface area contributed by atoms with Crippen LogP contribution >= 0.6 is 0 Å². The molecule has 0 bridgehead atoms. The van der Waals surface area contributed by atoms with Crippen molar-refractivity contribution in [1.29, 1.82) is 0 Å². The van der Waals surface area contributed by atoms with E-state index in [0.29, 0.717) is 5.56 Å². The Morgan fingerprint density at radius 3 is 2.42 bits per heavy atom. The summed E-state index contributed by atoms with van der Waals surface area (Å²) in [5.41, 5.74) is 6.73. The average molecular weight is 269 g/mol. The molecule has 0 saturated carbocycles. The van der Waals surface area contributed by atoms with Crippen LogP contribution in [0.15, 0.2) is 42.7 Å². The lowest BCUT2D eigenvalue weighted by atomic mass is 10.1. The number of nitrogens with zero attached hydrogens (tertiary/aromatic N) is 2. The average Bonchev–Trinajstić information content (AvgIpc) is 2.84. The highest BCUT2D eigenvalue weighted by atomic mass is 19.4. The molecule has 2 rings (SSSR count). The fraction of sp³-hybridized carbons (Fsp3) is 0.308. The van der Waals surface area contributed by atoms with Crippen LogP contribution in [0.5, 0.6) is 0 Å². The maximum atomic E-state index is 12.9. The Hall–Kier alpha value is -1.82. The van der Waals surface area contributed by atoms with Crippen LogP contribution < -0.4 is 5.73 Å². The van der Waals surface area contributed by atoms with Gasteiger partial charge in [-0.3, -0.25) is 4.68 Å². The number of aromatic nitrogens is 2. The molecule has 1 heterocycles. The summed E-state index contributed by atoms with van der Waals surface area (Å²) in [6.07, 6.45) is -1.69. The molecule has 0 radical (unpaired) electrons. The van der Waals surface area contributed by atoms with Gasteiger partial charge in [-0.15, -0.1) is 0 Å². The number of benzene rings is 1. The van der Waals surface area contributed by atoms with E-state index in [1.165, 1.54) is 12.4 Å². The van der Waals surface area contributed by atoms with Crippen molar-refractivity contribution in [3.63, 3.8) is 0 Å². The van der Waals surface area contributed by atoms with Gasteiger partial charge in [0.1, 0.15) is 6.04 Å². The highest BCUT2D eigenvalue weighted by Crippen LogP contribution is 2.33. The minimum atomic E-state index is -4.35. The van der Waals surface area contributed by atoms with E-state index in [9.17, 15) is 13.2 Å². The normalized spacial score (nSPS) is 13.5. The molecule has 0 aliphatic rings. The summed E-state index contributed by atoms with van der Waals surface area (Å²) in [6.45, 7) is -0.0370. The van der Waals surface area contributed by atoms with Crippen molar-refractivity contribution >= 4 is 0 Å². The third-order valence-electron chi connectivity index (χ3n) is 2.85. The molecule has 3 nitrogen and oxygen atoms in total. The Bertz CT molecular complexity index is 519. The molecule has 1 aromatic carbocycles. The maximum absolute atomic E-state index is 12.9. The quantitative estimate of drug-likeness (QED) is 0.927. The first kappa shape index (κ1) is 13.6. The molecule has 1 atom stereocenters. The summed E-state index contributed by atoms with van der Waals surface area (Å²) in [6, 6.07) is 7.48. The SMILES string of the molecule is NCCC(n1cc(-c2ccccc2)cn1)C(F)(F)F. The first-order valence-electron chi connectivity index (χ1n) is 5.88. The summed E-state index contributed by atoms with van der Waals surface area (Å²) in [5, 5.41) is 3.82. The van der Waals surface area contributed by atoms with Crippen molar-refractivity contribution < 1.29 is 13.2 Å². The molecule has 1 unspecified atom stereocenters. The lowest BCUT2D eigenvalue weighted by Crippen LogP contribution is -2.29. The molecule has 0 aliphatic heterocycles. The second-order valence-corrected chi connectivity index (χ2v) is 4.21. The van der Waals surface area contributed by atoms with E-state index < -0.39 is 12.2 Å². The highest BCUT2D eigenvalue weighted by Gasteiger charge is 2.40. The monoisotopic (exact) mass is 269 g/mol. The van der Waals surface area contributed by atoms with Crippen molar-refractivity contribution in [3.05, 3.63) is 42.7 Å². The Morgan fingerprint density at radius 1 is 1.16 bits per heavy atom. The molecule has 1 aromatic heterocycles. The van der Waals surface area contributed by atoms with Crippen molar-refractivity contribution in [1.82, 2.24) is 9.78 Å². The Labute approximate surface area is 108 Å². The van der Waals surface area contributed by atoms with Crippen LogP contribution in [-0.4, -0.2) is 22.5 Å². The van der Waals surface area contributed by atoms with Gasteiger partial charge < -0.3 is 5.73 Å². The molecule has 0 fully saturated rings. The highest BCUT2D eigenvalue weighted by molar-refractivity contribution is 5.61. The Morgan fingerprint density at radius 2 is 1.84 bits per heavy atom. The van der Waals surface area contributed by atoms with E-state index in [1.54, 1.807) is 0 Å². The molecule has 0 aliphatic carbocycles. The number of hydrogen-bond acceptors (Lipinski definition) is 2. The smallest absolute Gasteiger partial charge is 0.330 e. The van der Waals surface area contributed by atoms with Gasteiger partial charge in [-0.2, -0.15) is 18.3 Å². The number of nitrogens with two attached hydrogens (primary N) is 1. The van der Waals surface area contributed by atoms with Gasteiger partial charge in [0.25, 0.3) is 0 Å². The Balaban J connectivity index is 2.29. The molecular formula is C13H14F3N3. The molecule has 2 N–H and O–H groups in total. The molecule has 0 spiro atoms. The van der Waals surface area contributed by atoms with E-state index in [4.69, 9.17) is 5.73 Å². The molecule has 19 heavy (non-hydrogen) atoms. The minimum absolute atomic E-state index is 0.0370. The fourth-order valence-electron chi connectivity index (χ4n) is 1.89. The van der Waals surface area contributed by atoms with Crippen LogP contribution in [0.2, 0.25) is 0 Å². The van der Waals surface area contributed by atoms with Crippen molar-refractivity contribution in [2.45, 2.75) is 18.6 Å². The second-order valence-electron chi connectivity index (χ2n) is 4.21. The third kappa shape index (κ3) is 3.14. The summed E-state index contributed by atoms with van der Waals surface area (Å²) in [4.78, 5) is 0. The molecular weight excluding hydrogens is 255 g/mol. The lowest BCUT2D eigenvalue weighted by Gasteiger charge is -2.19. The zero-order valence-electron chi connectivity index (χ0n) is 10.1. The van der Waals surface area contributed by atoms with Crippen LogP contribution in [0.3, 0.4) is 0 Å². The van der Waals surface area contributed by atoms with Crippen LogP contribution in [-0.2, 0) is 0 Å². The minimum Gasteiger partial charge on any atom is -0.330 e. The number of alkyl halides is 3. The topological polar surface area (TPSA) is 43.8 Å². The predicted octanol–water partition coefficient (Wildman–Crippen LogP) is 3.00. The largest absolute Gasteiger partial charge is 0.410 e. The first-order chi connectivity index (χ1) is 9.02. The van der Waals surface area contributed by atoms with Gasteiger partial charge in [-0.05, 0) is 18.5 Å². The van der Waals surface area contributed by atoms with E-state index in [2.05, 4.69) is 5.10 Å². The van der Waals surface area contributed by atoms with Crippen LogP contribution in [0.4, 0.5) is 13.2 Å².